The van der Waals surface area contributed by atoms with Crippen molar-refractivity contribution in [1.82, 2.24) is 5.32 Å². The van der Waals surface area contributed by atoms with E-state index in [4.69, 9.17) is 9.47 Å². The van der Waals surface area contributed by atoms with Crippen molar-refractivity contribution >= 4 is 5.69 Å². The predicted molar refractivity (Wildman–Crippen MR) is 75.3 cm³/mol. The second kappa shape index (κ2) is 6.56. The zero-order valence-electron chi connectivity index (χ0n) is 11.8. The van der Waals surface area contributed by atoms with Gasteiger partial charge in [0.2, 0.25) is 11.5 Å². The van der Waals surface area contributed by atoms with Gasteiger partial charge in [-0.25, -0.2) is 0 Å². The molecule has 0 spiro atoms. The van der Waals surface area contributed by atoms with Crippen molar-refractivity contribution in [2.75, 3.05) is 20.2 Å². The summed E-state index contributed by atoms with van der Waals surface area (Å²) in [5, 5.41) is 14.3. The summed E-state index contributed by atoms with van der Waals surface area (Å²) in [6, 6.07) is 4.95. The van der Waals surface area contributed by atoms with Gasteiger partial charge in [-0.1, -0.05) is 6.07 Å². The lowest BCUT2D eigenvalue weighted by Crippen LogP contribution is -2.38. The minimum atomic E-state index is -0.440. The van der Waals surface area contributed by atoms with E-state index in [1.54, 1.807) is 25.1 Å². The highest BCUT2D eigenvalue weighted by atomic mass is 16.6. The molecular formula is C14H20N2O4. The van der Waals surface area contributed by atoms with Gasteiger partial charge < -0.3 is 14.8 Å². The molecule has 1 aromatic carbocycles. The van der Waals surface area contributed by atoms with Crippen molar-refractivity contribution in [1.29, 1.82) is 0 Å². The second-order valence-corrected chi connectivity index (χ2v) is 4.93. The molecule has 20 heavy (non-hydrogen) atoms. The zero-order chi connectivity index (χ0) is 14.5. The summed E-state index contributed by atoms with van der Waals surface area (Å²) in [7, 11) is 1.92. The largest absolute Gasteiger partial charge is 0.487 e. The maximum Gasteiger partial charge on any atom is 0.352 e. The van der Waals surface area contributed by atoms with Gasteiger partial charge in [-0.15, -0.1) is 0 Å². The Kier molecular flexibility index (Phi) is 4.79. The third-order valence-electron chi connectivity index (χ3n) is 3.42. The number of benzene rings is 1. The Morgan fingerprint density at radius 2 is 2.10 bits per heavy atom. The summed E-state index contributed by atoms with van der Waals surface area (Å²) < 4.78 is 11.1. The van der Waals surface area contributed by atoms with E-state index in [1.807, 2.05) is 7.05 Å². The fourth-order valence-electron chi connectivity index (χ4n) is 2.45. The molecule has 1 saturated carbocycles. The summed E-state index contributed by atoms with van der Waals surface area (Å²) in [6.07, 6.45) is 1.91. The van der Waals surface area contributed by atoms with Crippen molar-refractivity contribution in [3.8, 4) is 11.5 Å². The van der Waals surface area contributed by atoms with Crippen LogP contribution in [-0.4, -0.2) is 31.2 Å². The maximum atomic E-state index is 11.2. The Balaban J connectivity index is 2.08. The topological polar surface area (TPSA) is 73.6 Å². The van der Waals surface area contributed by atoms with E-state index >= 15 is 0 Å². The molecule has 0 saturated heterocycles. The molecule has 1 aromatic rings. The Morgan fingerprint density at radius 1 is 1.40 bits per heavy atom. The van der Waals surface area contributed by atoms with E-state index < -0.39 is 4.92 Å². The first-order valence-electron chi connectivity index (χ1n) is 6.87. The standard InChI is InChI=1S/C14H20N2O4/c1-3-19-12-5-4-6-13(14(12)16(17)18)20-11-7-10(8-11)9-15-2/h4-6,10-11,15H,3,7-9H2,1-2H3. The molecule has 0 bridgehead atoms. The lowest BCUT2D eigenvalue weighted by Gasteiger charge is -2.35. The van der Waals surface area contributed by atoms with Crippen LogP contribution in [0.2, 0.25) is 0 Å². The van der Waals surface area contributed by atoms with Crippen molar-refractivity contribution in [3.05, 3.63) is 28.3 Å². The molecule has 0 aliphatic heterocycles. The van der Waals surface area contributed by atoms with Gasteiger partial charge in [0.1, 0.15) is 0 Å². The van der Waals surface area contributed by atoms with E-state index in [0.717, 1.165) is 19.4 Å². The summed E-state index contributed by atoms with van der Waals surface area (Å²) >= 11 is 0. The molecule has 1 fully saturated rings. The van der Waals surface area contributed by atoms with Crippen LogP contribution in [0.3, 0.4) is 0 Å². The highest BCUT2D eigenvalue weighted by Gasteiger charge is 2.32. The summed E-state index contributed by atoms with van der Waals surface area (Å²) in [6.45, 7) is 3.14. The number of rotatable bonds is 7. The van der Waals surface area contributed by atoms with Crippen LogP contribution < -0.4 is 14.8 Å². The van der Waals surface area contributed by atoms with E-state index in [1.165, 1.54) is 0 Å². The van der Waals surface area contributed by atoms with Crippen LogP contribution in [0.4, 0.5) is 5.69 Å². The van der Waals surface area contributed by atoms with Gasteiger partial charge in [0.25, 0.3) is 0 Å². The monoisotopic (exact) mass is 280 g/mol. The normalized spacial score (nSPS) is 21.1. The molecule has 6 nitrogen and oxygen atoms in total. The van der Waals surface area contributed by atoms with Crippen LogP contribution in [0.25, 0.3) is 0 Å². The summed E-state index contributed by atoms with van der Waals surface area (Å²) in [4.78, 5) is 10.8. The third kappa shape index (κ3) is 3.19. The van der Waals surface area contributed by atoms with Gasteiger partial charge in [0.15, 0.2) is 0 Å². The van der Waals surface area contributed by atoms with Gasteiger partial charge in [-0.05, 0) is 51.4 Å². The molecule has 0 aromatic heterocycles. The van der Waals surface area contributed by atoms with Gasteiger partial charge in [0.05, 0.1) is 17.6 Å². The van der Waals surface area contributed by atoms with Crippen molar-refractivity contribution in [2.24, 2.45) is 5.92 Å². The number of nitrogens with one attached hydrogen (secondary N) is 1. The van der Waals surface area contributed by atoms with E-state index in [9.17, 15) is 10.1 Å². The number of nitrogens with zero attached hydrogens (tertiary/aromatic N) is 1. The molecule has 1 N–H and O–H groups in total. The van der Waals surface area contributed by atoms with Crippen LogP contribution in [0, 0.1) is 16.0 Å². The van der Waals surface area contributed by atoms with Crippen molar-refractivity contribution in [2.45, 2.75) is 25.9 Å². The predicted octanol–water partition coefficient (Wildman–Crippen LogP) is 2.37. The van der Waals surface area contributed by atoms with Crippen LogP contribution in [0.15, 0.2) is 18.2 Å². The number of hydrogen-bond acceptors (Lipinski definition) is 5. The van der Waals surface area contributed by atoms with Crippen molar-refractivity contribution < 1.29 is 14.4 Å². The average molecular weight is 280 g/mol. The molecular weight excluding hydrogens is 260 g/mol. The van der Waals surface area contributed by atoms with Gasteiger partial charge >= 0.3 is 5.69 Å². The molecule has 2 rings (SSSR count). The first kappa shape index (κ1) is 14.6. The fourth-order valence-corrected chi connectivity index (χ4v) is 2.45. The minimum absolute atomic E-state index is 0.0592. The fraction of sp³-hybridized carbons (Fsp3) is 0.571. The number of nitro groups is 1. The van der Waals surface area contributed by atoms with Gasteiger partial charge in [-0.3, -0.25) is 10.1 Å². The quantitative estimate of drug-likeness (QED) is 0.613. The maximum absolute atomic E-state index is 11.2. The lowest BCUT2D eigenvalue weighted by atomic mass is 9.82. The molecule has 0 heterocycles. The van der Waals surface area contributed by atoms with E-state index in [2.05, 4.69) is 5.32 Å². The number of nitro benzene ring substituents is 1. The molecule has 0 amide bonds. The molecule has 1 aliphatic rings. The first-order chi connectivity index (χ1) is 9.65. The Bertz CT molecular complexity index is 472. The molecule has 6 heteroatoms. The highest BCUT2D eigenvalue weighted by molar-refractivity contribution is 5.57. The summed E-state index contributed by atoms with van der Waals surface area (Å²) in [5.74, 6) is 1.16. The molecule has 1 aliphatic carbocycles. The molecule has 0 atom stereocenters. The van der Waals surface area contributed by atoms with E-state index in [-0.39, 0.29) is 17.5 Å². The Morgan fingerprint density at radius 3 is 2.70 bits per heavy atom. The van der Waals surface area contributed by atoms with Crippen LogP contribution >= 0.6 is 0 Å². The SMILES string of the molecule is CCOc1cccc(OC2CC(CNC)C2)c1[N+](=O)[O-]. The van der Waals surface area contributed by atoms with Crippen LogP contribution in [0.5, 0.6) is 11.5 Å². The Hall–Kier alpha value is -1.82. The third-order valence-corrected chi connectivity index (χ3v) is 3.42. The van der Waals surface area contributed by atoms with Crippen LogP contribution in [0.1, 0.15) is 19.8 Å². The van der Waals surface area contributed by atoms with Gasteiger partial charge in [-0.2, -0.15) is 0 Å². The van der Waals surface area contributed by atoms with Gasteiger partial charge in [0, 0.05) is 0 Å². The number of hydrogen-bond donors (Lipinski definition) is 1. The summed E-state index contributed by atoms with van der Waals surface area (Å²) in [5.41, 5.74) is -0.0774. The zero-order valence-corrected chi connectivity index (χ0v) is 11.8. The molecule has 0 radical (unpaired) electrons. The Labute approximate surface area is 118 Å². The smallest absolute Gasteiger partial charge is 0.352 e. The van der Waals surface area contributed by atoms with E-state index in [0.29, 0.717) is 18.3 Å². The first-order valence-corrected chi connectivity index (χ1v) is 6.87. The molecule has 0 unspecified atom stereocenters. The molecule has 110 valence electrons. The number of ether oxygens (including phenoxy) is 2. The second-order valence-electron chi connectivity index (χ2n) is 4.93. The highest BCUT2D eigenvalue weighted by Crippen LogP contribution is 2.40. The van der Waals surface area contributed by atoms with Crippen LogP contribution in [-0.2, 0) is 0 Å². The number of para-hydroxylation sites is 1. The van der Waals surface area contributed by atoms with Crippen molar-refractivity contribution in [3.63, 3.8) is 0 Å². The average Bonchev–Trinajstić information content (AvgIpc) is 2.36. The lowest BCUT2D eigenvalue weighted by molar-refractivity contribution is -0.387. The minimum Gasteiger partial charge on any atom is -0.487 e.